The molecule has 0 saturated carbocycles. The first-order valence-corrected chi connectivity index (χ1v) is 10.4. The molecule has 2 aliphatic rings. The second-order valence-electron chi connectivity index (χ2n) is 7.40. The summed E-state index contributed by atoms with van der Waals surface area (Å²) in [6.45, 7) is 2.34. The number of hydrogen-bond donors (Lipinski definition) is 1. The molecule has 160 valence electrons. The van der Waals surface area contributed by atoms with Gasteiger partial charge in [0.05, 0.1) is 18.3 Å². The smallest absolute Gasteiger partial charge is 0.330 e. The number of carbonyl (C=O) groups is 1. The third-order valence-corrected chi connectivity index (χ3v) is 5.89. The van der Waals surface area contributed by atoms with E-state index in [1.54, 1.807) is 30.1 Å². The molecule has 1 N–H and O–H groups in total. The van der Waals surface area contributed by atoms with Crippen LogP contribution in [0.15, 0.2) is 40.3 Å². The molecule has 1 fully saturated rings. The van der Waals surface area contributed by atoms with Crippen LogP contribution in [0.3, 0.4) is 0 Å². The highest BCUT2D eigenvalue weighted by molar-refractivity contribution is 7.28. The van der Waals surface area contributed by atoms with Crippen molar-refractivity contribution in [3.63, 3.8) is 0 Å². The van der Waals surface area contributed by atoms with Crippen molar-refractivity contribution >= 4 is 51.5 Å². The lowest BCUT2D eigenvalue weighted by molar-refractivity contribution is 0.222. The van der Waals surface area contributed by atoms with Crippen molar-refractivity contribution in [2.24, 2.45) is 9.98 Å². The molecule has 2 heterocycles. The number of fused-ring (bicyclic) bond motifs is 1. The summed E-state index contributed by atoms with van der Waals surface area (Å²) in [5, 5.41) is 3.11. The number of aliphatic imine (C=N–C) groups is 2. The van der Waals surface area contributed by atoms with Crippen molar-refractivity contribution in [2.45, 2.75) is 13.0 Å². The van der Waals surface area contributed by atoms with E-state index in [9.17, 15) is 9.18 Å². The van der Waals surface area contributed by atoms with E-state index < -0.39 is 11.9 Å². The summed E-state index contributed by atoms with van der Waals surface area (Å²) in [5.41, 5.74) is 2.41. The third-order valence-electron chi connectivity index (χ3n) is 5.28. The Kier molecular flexibility index (Phi) is 5.90. The summed E-state index contributed by atoms with van der Waals surface area (Å²) < 4.78 is 19.9. The van der Waals surface area contributed by atoms with Crippen LogP contribution < -0.4 is 20.8 Å². The average Bonchev–Trinajstić information content (AvgIpc) is 3.21. The highest BCUT2D eigenvalue weighted by Crippen LogP contribution is 2.32. The van der Waals surface area contributed by atoms with E-state index in [0.29, 0.717) is 40.3 Å². The van der Waals surface area contributed by atoms with E-state index in [-0.39, 0.29) is 18.6 Å². The van der Waals surface area contributed by atoms with Gasteiger partial charge in [-0.3, -0.25) is 15.1 Å². The van der Waals surface area contributed by atoms with Gasteiger partial charge in [-0.1, -0.05) is 23.5 Å². The first kappa shape index (κ1) is 21.9. The number of halogens is 1. The Morgan fingerprint density at radius 2 is 2.22 bits per heavy atom. The van der Waals surface area contributed by atoms with Crippen molar-refractivity contribution in [2.75, 3.05) is 20.2 Å². The van der Waals surface area contributed by atoms with Crippen molar-refractivity contribution < 1.29 is 13.9 Å². The molecule has 0 aliphatic carbocycles. The largest absolute Gasteiger partial charge is 0.481 e. The van der Waals surface area contributed by atoms with E-state index in [2.05, 4.69) is 25.5 Å². The highest BCUT2D eigenvalue weighted by Gasteiger charge is 2.41. The Morgan fingerprint density at radius 3 is 2.94 bits per heavy atom. The maximum absolute atomic E-state index is 14.4. The maximum atomic E-state index is 14.4. The van der Waals surface area contributed by atoms with Crippen LogP contribution >= 0.6 is 9.24 Å². The number of carbonyl (C=O) groups excluding carboxylic acids is 1. The Bertz CT molecular complexity index is 1190. The molecular weight excluding hydrogens is 427 g/mol. The zero-order valence-electron chi connectivity index (χ0n) is 17.6. The lowest BCUT2D eigenvalue weighted by atomic mass is 9.91. The normalized spacial score (nSPS) is 18.8. The number of nitrogens with zero attached hydrogens (tertiary/aromatic N) is 4. The Morgan fingerprint density at radius 1 is 1.44 bits per heavy atom. The van der Waals surface area contributed by atoms with Crippen LogP contribution in [0, 0.1) is 25.1 Å². The van der Waals surface area contributed by atoms with Gasteiger partial charge in [0.15, 0.2) is 0 Å². The number of hydrogen-bond acceptors (Lipinski definition) is 4. The van der Waals surface area contributed by atoms with E-state index in [0.717, 1.165) is 5.56 Å². The molecule has 2 radical (unpaired) electrons. The minimum atomic E-state index is -0.430. The molecule has 10 heteroatoms. The molecular formula is C22H20BFN5O2P. The lowest BCUT2D eigenvalue weighted by Crippen LogP contribution is -2.61. The zero-order valence-corrected chi connectivity index (χ0v) is 18.7. The van der Waals surface area contributed by atoms with Gasteiger partial charge in [0.1, 0.15) is 26.0 Å². The van der Waals surface area contributed by atoms with Crippen molar-refractivity contribution in [1.82, 2.24) is 15.1 Å². The molecule has 1 saturated heterocycles. The summed E-state index contributed by atoms with van der Waals surface area (Å²) >= 11 is 0. The van der Waals surface area contributed by atoms with Gasteiger partial charge in [-0.25, -0.2) is 19.2 Å². The second-order valence-corrected chi connectivity index (χ2v) is 7.98. The number of aryl methyl sites for hydroxylation is 1. The average molecular weight is 447 g/mol. The number of rotatable bonds is 4. The van der Waals surface area contributed by atoms with E-state index >= 15 is 0 Å². The fourth-order valence-corrected chi connectivity index (χ4v) is 3.70. The van der Waals surface area contributed by atoms with E-state index in [1.807, 2.05) is 13.0 Å². The van der Waals surface area contributed by atoms with Crippen molar-refractivity contribution in [3.05, 3.63) is 47.3 Å². The number of terminal acetylenes is 1. The summed E-state index contributed by atoms with van der Waals surface area (Å²) in [6.07, 6.45) is 5.27. The predicted octanol–water partition coefficient (Wildman–Crippen LogP) is 1.50. The fraction of sp³-hybridized carbons (Fsp3) is 0.227. The van der Waals surface area contributed by atoms with Crippen LogP contribution in [-0.2, 0) is 0 Å². The topological polar surface area (TPSA) is 69.5 Å². The number of guanidine groups is 2. The monoisotopic (exact) mass is 447 g/mol. The molecule has 2 aliphatic heterocycles. The molecule has 2 aromatic carbocycles. The van der Waals surface area contributed by atoms with Crippen molar-refractivity contribution in [1.29, 1.82) is 0 Å². The number of urea groups is 1. The number of nitrogens with one attached hydrogen (secondary N) is 1. The summed E-state index contributed by atoms with van der Waals surface area (Å²) in [5.74, 6) is 3.25. The van der Waals surface area contributed by atoms with Crippen LogP contribution in [0.25, 0.3) is 0 Å². The van der Waals surface area contributed by atoms with Crippen LogP contribution in [0.2, 0.25) is 0 Å². The SMILES string of the molecule is [B]c1cc(C2CN=C3N(C)C(=O)NC(=Nc4cc(OCC#C)ccc4C)N32)cc(F)c1P. The van der Waals surface area contributed by atoms with Gasteiger partial charge in [-0.05, 0) is 35.5 Å². The van der Waals surface area contributed by atoms with Gasteiger partial charge >= 0.3 is 6.03 Å². The fourth-order valence-electron chi connectivity index (χ4n) is 3.53. The van der Waals surface area contributed by atoms with Crippen LogP contribution in [0.5, 0.6) is 5.75 Å². The molecule has 0 aromatic heterocycles. The standard InChI is InChI=1S/C22H20BFN5O2P/c1-4-7-31-14-6-5-12(2)17(10-14)26-20-27-22(30)28(3)21-25-11-18(29(20)21)13-8-15(23)19(32)16(24)9-13/h1,5-6,8-10,18H,7,11,32H2,2-3H3,(H,26,27,30). The first-order valence-electron chi connectivity index (χ1n) is 9.78. The highest BCUT2D eigenvalue weighted by atomic mass is 31.0. The first-order chi connectivity index (χ1) is 15.3. The molecule has 4 rings (SSSR count). The van der Waals surface area contributed by atoms with Crippen LogP contribution in [0.4, 0.5) is 14.9 Å². The van der Waals surface area contributed by atoms with E-state index in [1.165, 1.54) is 11.0 Å². The quantitative estimate of drug-likeness (QED) is 0.439. The van der Waals surface area contributed by atoms with Crippen LogP contribution in [0.1, 0.15) is 17.2 Å². The summed E-state index contributed by atoms with van der Waals surface area (Å²) in [6, 6.07) is 7.76. The molecule has 7 nitrogen and oxygen atoms in total. The van der Waals surface area contributed by atoms with Crippen molar-refractivity contribution in [3.8, 4) is 18.1 Å². The second kappa shape index (κ2) is 8.64. The lowest BCUT2D eigenvalue weighted by Gasteiger charge is -2.37. The zero-order chi connectivity index (χ0) is 23.0. The third kappa shape index (κ3) is 3.94. The van der Waals surface area contributed by atoms with Gasteiger partial charge < -0.3 is 4.74 Å². The number of amides is 2. The molecule has 2 unspecified atom stereocenters. The Hall–Kier alpha value is -3.37. The summed E-state index contributed by atoms with van der Waals surface area (Å²) in [4.78, 5) is 24.9. The Balaban J connectivity index is 1.77. The van der Waals surface area contributed by atoms with Gasteiger partial charge in [0, 0.05) is 13.1 Å². The molecule has 0 spiro atoms. The van der Waals surface area contributed by atoms with Gasteiger partial charge in [0.2, 0.25) is 11.9 Å². The van der Waals surface area contributed by atoms with Crippen LogP contribution in [-0.4, -0.2) is 55.8 Å². The number of benzene rings is 2. The molecule has 2 aromatic rings. The minimum absolute atomic E-state index is 0.129. The Labute approximate surface area is 189 Å². The molecule has 2 amide bonds. The molecule has 0 bridgehead atoms. The maximum Gasteiger partial charge on any atom is 0.330 e. The van der Waals surface area contributed by atoms with Gasteiger partial charge in [-0.2, -0.15) is 0 Å². The molecule has 2 atom stereocenters. The summed E-state index contributed by atoms with van der Waals surface area (Å²) in [7, 11) is 9.90. The predicted molar refractivity (Wildman–Crippen MR) is 127 cm³/mol. The molecule has 32 heavy (non-hydrogen) atoms. The van der Waals surface area contributed by atoms with E-state index in [4.69, 9.17) is 24.0 Å². The number of ether oxygens (including phenoxy) is 1. The van der Waals surface area contributed by atoms with Gasteiger partial charge in [0.25, 0.3) is 0 Å². The minimum Gasteiger partial charge on any atom is -0.481 e. The van der Waals surface area contributed by atoms with Gasteiger partial charge in [-0.15, -0.1) is 15.7 Å².